The molecule has 26 heavy (non-hydrogen) atoms. The second-order valence-electron chi connectivity index (χ2n) is 8.57. The maximum absolute atomic E-state index is 9.27. The lowest BCUT2D eigenvalue weighted by Gasteiger charge is -2.33. The summed E-state index contributed by atoms with van der Waals surface area (Å²) in [6.07, 6.45) is 21.7. The van der Waals surface area contributed by atoms with E-state index < -0.39 is 0 Å². The quantitative estimate of drug-likeness (QED) is 0.231. The molecule has 0 radical (unpaired) electrons. The average molecular weight is 372 g/mol. The van der Waals surface area contributed by atoms with E-state index in [0.717, 1.165) is 12.8 Å². The third-order valence-electron chi connectivity index (χ3n) is 5.97. The Morgan fingerprint density at radius 3 is 1.46 bits per heavy atom. The third kappa shape index (κ3) is 15.0. The average Bonchev–Trinajstić information content (AvgIpc) is 2.61. The van der Waals surface area contributed by atoms with Gasteiger partial charge in [-0.25, -0.2) is 0 Å². The molecule has 0 fully saturated rings. The molecule has 2 atom stereocenters. The van der Waals surface area contributed by atoms with Crippen molar-refractivity contribution in [1.29, 1.82) is 0 Å². The van der Waals surface area contributed by atoms with Crippen LogP contribution in [0.1, 0.15) is 123 Å². The fourth-order valence-corrected chi connectivity index (χ4v) is 3.99. The zero-order valence-electron chi connectivity index (χ0n) is 18.0. The van der Waals surface area contributed by atoms with Gasteiger partial charge in [0, 0.05) is 18.8 Å². The first-order valence-corrected chi connectivity index (χ1v) is 11.6. The Kier molecular flexibility index (Phi) is 18.2. The van der Waals surface area contributed by atoms with Crippen molar-refractivity contribution >= 4 is 0 Å². The molecule has 0 amide bonds. The van der Waals surface area contributed by atoms with Gasteiger partial charge in [0.25, 0.3) is 0 Å². The van der Waals surface area contributed by atoms with Crippen molar-refractivity contribution in [3.05, 3.63) is 0 Å². The fraction of sp³-hybridized carbons (Fsp3) is 1.00. The Labute approximate surface area is 164 Å². The van der Waals surface area contributed by atoms with Gasteiger partial charge in [0.1, 0.15) is 0 Å². The van der Waals surface area contributed by atoms with Crippen LogP contribution in [0.3, 0.4) is 0 Å². The van der Waals surface area contributed by atoms with Gasteiger partial charge in [0.15, 0.2) is 0 Å². The number of rotatable bonds is 20. The molecule has 0 aromatic heterocycles. The lowest BCUT2D eigenvalue weighted by molar-refractivity contribution is 0.157. The maximum Gasteiger partial charge on any atom is 0.0448 e. The van der Waals surface area contributed by atoms with E-state index in [0.29, 0.717) is 12.3 Å². The molecule has 0 aliphatic heterocycles. The van der Waals surface area contributed by atoms with Crippen LogP contribution in [0.5, 0.6) is 0 Å². The fourth-order valence-electron chi connectivity index (χ4n) is 3.99. The molecule has 2 unspecified atom stereocenters. The Morgan fingerprint density at radius 1 is 0.654 bits per heavy atom. The molecule has 0 bridgehead atoms. The van der Waals surface area contributed by atoms with Crippen molar-refractivity contribution in [3.8, 4) is 0 Å². The Morgan fingerprint density at radius 2 is 1.08 bits per heavy atom. The first-order valence-electron chi connectivity index (χ1n) is 11.6. The maximum atomic E-state index is 9.27. The number of hydrogen-bond acceptors (Lipinski definition) is 3. The molecule has 0 aliphatic rings. The van der Waals surface area contributed by atoms with Gasteiger partial charge in [-0.05, 0) is 32.1 Å². The summed E-state index contributed by atoms with van der Waals surface area (Å²) < 4.78 is 0. The summed E-state index contributed by atoms with van der Waals surface area (Å²) in [4.78, 5) is 0. The molecular formula is C23H49NO2. The van der Waals surface area contributed by atoms with E-state index in [1.807, 2.05) is 6.92 Å². The number of hydrogen-bond donors (Lipinski definition) is 3. The number of nitrogens with two attached hydrogens (primary N) is 1. The lowest BCUT2D eigenvalue weighted by atomic mass is 9.78. The van der Waals surface area contributed by atoms with E-state index in [9.17, 15) is 10.2 Å². The minimum Gasteiger partial charge on any atom is -0.396 e. The van der Waals surface area contributed by atoms with Crippen molar-refractivity contribution < 1.29 is 10.2 Å². The summed E-state index contributed by atoms with van der Waals surface area (Å²) in [6, 6.07) is 0. The Balaban J connectivity index is 3.48. The molecule has 158 valence electrons. The van der Waals surface area contributed by atoms with E-state index >= 15 is 0 Å². The monoisotopic (exact) mass is 371 g/mol. The van der Waals surface area contributed by atoms with Crippen LogP contribution < -0.4 is 5.73 Å². The minimum atomic E-state index is -0.353. The first kappa shape index (κ1) is 25.9. The van der Waals surface area contributed by atoms with Crippen LogP contribution in [-0.2, 0) is 0 Å². The second-order valence-corrected chi connectivity index (χ2v) is 8.57. The van der Waals surface area contributed by atoms with Gasteiger partial charge >= 0.3 is 0 Å². The van der Waals surface area contributed by atoms with Gasteiger partial charge in [0.05, 0.1) is 0 Å². The zero-order chi connectivity index (χ0) is 19.5. The number of aliphatic hydroxyl groups is 2. The predicted octanol–water partition coefficient (Wildman–Crippen LogP) is 5.96. The van der Waals surface area contributed by atoms with Gasteiger partial charge < -0.3 is 15.9 Å². The summed E-state index contributed by atoms with van der Waals surface area (Å²) in [6.45, 7) is 4.63. The molecule has 0 heterocycles. The van der Waals surface area contributed by atoms with E-state index in [1.165, 1.54) is 89.9 Å². The van der Waals surface area contributed by atoms with Crippen molar-refractivity contribution in [3.63, 3.8) is 0 Å². The van der Waals surface area contributed by atoms with Crippen LogP contribution in [-0.4, -0.2) is 29.0 Å². The van der Waals surface area contributed by atoms with Crippen LogP contribution in [0.25, 0.3) is 0 Å². The topological polar surface area (TPSA) is 66.5 Å². The van der Waals surface area contributed by atoms with Crippen LogP contribution in [0.2, 0.25) is 0 Å². The van der Waals surface area contributed by atoms with Crippen LogP contribution in [0.4, 0.5) is 0 Å². The summed E-state index contributed by atoms with van der Waals surface area (Å²) in [5.41, 5.74) is 5.99. The molecule has 0 aromatic rings. The highest BCUT2D eigenvalue weighted by Crippen LogP contribution is 2.27. The van der Waals surface area contributed by atoms with Crippen molar-refractivity contribution in [2.45, 2.75) is 129 Å². The SMILES string of the molecule is CCCCCCCCCCCCCCCCC(CCO)C(C)(N)CCO. The molecule has 4 N–H and O–H groups in total. The van der Waals surface area contributed by atoms with Crippen LogP contribution in [0, 0.1) is 5.92 Å². The molecule has 0 saturated heterocycles. The largest absolute Gasteiger partial charge is 0.396 e. The lowest BCUT2D eigenvalue weighted by Crippen LogP contribution is -2.45. The minimum absolute atomic E-state index is 0.133. The molecule has 3 heteroatoms. The molecule has 0 aliphatic carbocycles. The highest BCUT2D eigenvalue weighted by molar-refractivity contribution is 4.86. The summed E-state index contributed by atoms with van der Waals surface area (Å²) in [5, 5.41) is 18.4. The summed E-state index contributed by atoms with van der Waals surface area (Å²) >= 11 is 0. The Bertz CT molecular complexity index is 281. The molecule has 0 saturated carbocycles. The van der Waals surface area contributed by atoms with Gasteiger partial charge in [0.2, 0.25) is 0 Å². The highest BCUT2D eigenvalue weighted by Gasteiger charge is 2.28. The standard InChI is InChI=1S/C23H49NO2/c1-3-4-5-6-7-8-9-10-11-12-13-14-15-16-17-22(18-20-25)23(2,24)19-21-26/h22,25-26H,3-21,24H2,1-2H3. The van der Waals surface area contributed by atoms with Crippen molar-refractivity contribution in [2.75, 3.05) is 13.2 Å². The molecule has 0 aromatic carbocycles. The smallest absolute Gasteiger partial charge is 0.0448 e. The van der Waals surface area contributed by atoms with Gasteiger partial charge in [-0.1, -0.05) is 96.8 Å². The van der Waals surface area contributed by atoms with E-state index in [4.69, 9.17) is 5.73 Å². The highest BCUT2D eigenvalue weighted by atomic mass is 16.3. The molecule has 0 rings (SSSR count). The van der Waals surface area contributed by atoms with Crippen LogP contribution in [0.15, 0.2) is 0 Å². The number of unbranched alkanes of at least 4 members (excludes halogenated alkanes) is 13. The summed E-state index contributed by atoms with van der Waals surface area (Å²) in [7, 11) is 0. The first-order chi connectivity index (χ1) is 12.6. The summed E-state index contributed by atoms with van der Waals surface area (Å²) in [5.74, 6) is 0.317. The molecular weight excluding hydrogens is 322 g/mol. The van der Waals surface area contributed by atoms with Gasteiger partial charge in [-0.15, -0.1) is 0 Å². The second kappa shape index (κ2) is 18.3. The van der Waals surface area contributed by atoms with E-state index in [-0.39, 0.29) is 18.8 Å². The van der Waals surface area contributed by atoms with Crippen molar-refractivity contribution in [2.24, 2.45) is 11.7 Å². The van der Waals surface area contributed by atoms with E-state index in [1.54, 1.807) is 0 Å². The van der Waals surface area contributed by atoms with E-state index in [2.05, 4.69) is 6.92 Å². The predicted molar refractivity (Wildman–Crippen MR) is 114 cm³/mol. The zero-order valence-corrected chi connectivity index (χ0v) is 18.0. The van der Waals surface area contributed by atoms with Gasteiger partial charge in [-0.3, -0.25) is 0 Å². The van der Waals surface area contributed by atoms with Crippen LogP contribution >= 0.6 is 0 Å². The van der Waals surface area contributed by atoms with Gasteiger partial charge in [-0.2, -0.15) is 0 Å². The normalized spacial score (nSPS) is 15.1. The third-order valence-corrected chi connectivity index (χ3v) is 5.97. The molecule has 0 spiro atoms. The molecule has 3 nitrogen and oxygen atoms in total. The Hall–Kier alpha value is -0.120. The number of aliphatic hydroxyl groups excluding tert-OH is 2. The van der Waals surface area contributed by atoms with Crippen molar-refractivity contribution in [1.82, 2.24) is 0 Å².